The van der Waals surface area contributed by atoms with Crippen LogP contribution in [0.2, 0.25) is 0 Å². The molecule has 3 aromatic rings. The minimum absolute atomic E-state index is 0. The highest BCUT2D eigenvalue weighted by molar-refractivity contribution is 5.81. The maximum absolute atomic E-state index is 11.5. The molecule has 1 aromatic heterocycles. The first kappa shape index (κ1) is 22.2. The number of carboxylic acid groups (broad SMARTS) is 1. The molecule has 3 aliphatic rings. The number of nitrogens with zero attached hydrogens (tertiary/aromatic N) is 3. The van der Waals surface area contributed by atoms with Crippen molar-refractivity contribution in [2.24, 2.45) is 5.92 Å². The van der Waals surface area contributed by atoms with Gasteiger partial charge in [-0.25, -0.2) is 4.79 Å². The molecule has 0 amide bonds. The van der Waals surface area contributed by atoms with Gasteiger partial charge in [0, 0.05) is 19.1 Å². The molecular formula is C25H29N3O4. The van der Waals surface area contributed by atoms with Crippen LogP contribution in [0.3, 0.4) is 0 Å². The molecule has 2 saturated heterocycles. The highest BCUT2D eigenvalue weighted by Crippen LogP contribution is 2.43. The van der Waals surface area contributed by atoms with Crippen molar-refractivity contribution in [2.75, 3.05) is 13.1 Å². The molecule has 7 heteroatoms. The van der Waals surface area contributed by atoms with Gasteiger partial charge in [0.15, 0.2) is 0 Å². The van der Waals surface area contributed by atoms with Crippen LogP contribution in [0.1, 0.15) is 59.8 Å². The molecule has 0 spiro atoms. The second-order valence-corrected chi connectivity index (χ2v) is 8.77. The quantitative estimate of drug-likeness (QED) is 0.608. The monoisotopic (exact) mass is 435 g/mol. The number of rotatable bonds is 7. The Labute approximate surface area is 187 Å². The summed E-state index contributed by atoms with van der Waals surface area (Å²) >= 11 is 0. The first-order valence-electron chi connectivity index (χ1n) is 11.1. The smallest absolute Gasteiger partial charge is 0.393 e. The molecule has 2 aliphatic heterocycles. The number of hydrogen-bond donors (Lipinski definition) is 1. The summed E-state index contributed by atoms with van der Waals surface area (Å²) in [7, 11) is 0. The maximum Gasteiger partial charge on any atom is 0.393 e. The SMILES string of the molecule is O.O=C(O)c1nnc(C(CCN2CC3CCC2CC3)(c2ccccc2)c2ccccc2)o1. The topological polar surface area (TPSA) is 111 Å². The molecule has 1 saturated carbocycles. The fourth-order valence-corrected chi connectivity index (χ4v) is 5.50. The van der Waals surface area contributed by atoms with E-state index in [1.165, 1.54) is 25.7 Å². The van der Waals surface area contributed by atoms with Crippen molar-refractivity contribution in [1.82, 2.24) is 15.1 Å². The summed E-state index contributed by atoms with van der Waals surface area (Å²) in [5, 5.41) is 17.5. The first-order chi connectivity index (χ1) is 15.2. The minimum Gasteiger partial charge on any atom is -0.474 e. The Balaban J connectivity index is 0.00000245. The molecule has 1 aliphatic carbocycles. The van der Waals surface area contributed by atoms with E-state index in [1.54, 1.807) is 0 Å². The molecule has 3 fully saturated rings. The van der Waals surface area contributed by atoms with E-state index in [1.807, 2.05) is 36.4 Å². The van der Waals surface area contributed by atoms with Gasteiger partial charge in [0.05, 0.1) is 5.41 Å². The predicted molar refractivity (Wildman–Crippen MR) is 120 cm³/mol. The van der Waals surface area contributed by atoms with E-state index < -0.39 is 11.4 Å². The van der Waals surface area contributed by atoms with Gasteiger partial charge in [-0.05, 0) is 49.1 Å². The highest BCUT2D eigenvalue weighted by atomic mass is 16.4. The van der Waals surface area contributed by atoms with E-state index in [2.05, 4.69) is 39.4 Å². The minimum atomic E-state index is -1.21. The second kappa shape index (κ2) is 9.22. The van der Waals surface area contributed by atoms with Gasteiger partial charge in [0.2, 0.25) is 5.89 Å². The van der Waals surface area contributed by atoms with Gasteiger partial charge in [-0.2, -0.15) is 0 Å². The lowest BCUT2D eigenvalue weighted by molar-refractivity contribution is 0.0444. The zero-order valence-corrected chi connectivity index (χ0v) is 18.0. The molecule has 2 bridgehead atoms. The van der Waals surface area contributed by atoms with Crippen molar-refractivity contribution < 1.29 is 19.8 Å². The maximum atomic E-state index is 11.5. The summed E-state index contributed by atoms with van der Waals surface area (Å²) in [5.41, 5.74) is 1.35. The van der Waals surface area contributed by atoms with E-state index >= 15 is 0 Å². The summed E-state index contributed by atoms with van der Waals surface area (Å²) in [6.07, 6.45) is 5.98. The first-order valence-corrected chi connectivity index (χ1v) is 11.1. The summed E-state index contributed by atoms with van der Waals surface area (Å²) in [6, 6.07) is 20.9. The van der Waals surface area contributed by atoms with Gasteiger partial charge in [0.1, 0.15) is 0 Å². The molecule has 3 heterocycles. The lowest BCUT2D eigenvalue weighted by Crippen LogP contribution is -2.49. The third-order valence-corrected chi connectivity index (χ3v) is 7.11. The Morgan fingerprint density at radius 1 is 0.969 bits per heavy atom. The van der Waals surface area contributed by atoms with Crippen molar-refractivity contribution in [1.29, 1.82) is 0 Å². The van der Waals surface area contributed by atoms with Crippen LogP contribution in [0.4, 0.5) is 0 Å². The van der Waals surface area contributed by atoms with Crippen LogP contribution in [-0.2, 0) is 5.41 Å². The van der Waals surface area contributed by atoms with E-state index in [-0.39, 0.29) is 11.4 Å². The van der Waals surface area contributed by atoms with Crippen LogP contribution in [0.25, 0.3) is 0 Å². The molecule has 3 N–H and O–H groups in total. The Kier molecular flexibility index (Phi) is 6.39. The number of benzene rings is 2. The van der Waals surface area contributed by atoms with Gasteiger partial charge in [-0.1, -0.05) is 60.7 Å². The summed E-state index contributed by atoms with van der Waals surface area (Å²) in [6.45, 7) is 2.05. The molecule has 168 valence electrons. The molecule has 0 atom stereocenters. The summed E-state index contributed by atoms with van der Waals surface area (Å²) < 4.78 is 5.78. The zero-order chi connectivity index (χ0) is 21.3. The number of carbonyl (C=O) groups is 1. The van der Waals surface area contributed by atoms with E-state index in [0.717, 1.165) is 36.6 Å². The van der Waals surface area contributed by atoms with Gasteiger partial charge in [-0.15, -0.1) is 10.2 Å². The van der Waals surface area contributed by atoms with Crippen molar-refractivity contribution in [3.05, 3.63) is 83.6 Å². The Bertz CT molecular complexity index is 990. The van der Waals surface area contributed by atoms with E-state index in [0.29, 0.717) is 11.9 Å². The second-order valence-electron chi connectivity index (χ2n) is 8.77. The molecule has 0 unspecified atom stereocenters. The number of aromatic carboxylic acids is 1. The lowest BCUT2D eigenvalue weighted by atomic mass is 9.71. The van der Waals surface area contributed by atoms with E-state index in [4.69, 9.17) is 4.42 Å². The molecule has 6 rings (SSSR count). The number of carboxylic acids is 1. The van der Waals surface area contributed by atoms with Gasteiger partial charge in [-0.3, -0.25) is 0 Å². The largest absolute Gasteiger partial charge is 0.474 e. The lowest BCUT2D eigenvalue weighted by Gasteiger charge is -2.46. The fraction of sp³-hybridized carbons (Fsp3) is 0.400. The van der Waals surface area contributed by atoms with Crippen molar-refractivity contribution in [2.45, 2.75) is 43.6 Å². The molecule has 7 nitrogen and oxygen atoms in total. The van der Waals surface area contributed by atoms with Crippen LogP contribution in [0.15, 0.2) is 65.1 Å². The fourth-order valence-electron chi connectivity index (χ4n) is 5.50. The van der Waals surface area contributed by atoms with Crippen LogP contribution in [0, 0.1) is 5.92 Å². The average Bonchev–Trinajstić information content (AvgIpc) is 3.33. The van der Waals surface area contributed by atoms with Crippen LogP contribution in [-0.4, -0.2) is 50.8 Å². The number of piperidine rings is 2. The highest BCUT2D eigenvalue weighted by Gasteiger charge is 2.43. The number of hydrogen-bond acceptors (Lipinski definition) is 5. The van der Waals surface area contributed by atoms with Gasteiger partial charge < -0.3 is 19.9 Å². The van der Waals surface area contributed by atoms with Gasteiger partial charge >= 0.3 is 11.9 Å². The standard InChI is InChI=1S/C25H27N3O3.H2O/c29-23(30)22-26-27-24(31-22)25(19-7-3-1-4-8-19,20-9-5-2-6-10-20)15-16-28-17-18-11-13-21(28)14-12-18;/h1-10,18,21H,11-17H2,(H,29,30);1H2. The Hall–Kier alpha value is -3.03. The third-order valence-electron chi connectivity index (χ3n) is 7.11. The zero-order valence-electron chi connectivity index (χ0n) is 18.0. The summed E-state index contributed by atoms with van der Waals surface area (Å²) in [4.78, 5) is 14.1. The van der Waals surface area contributed by atoms with E-state index in [9.17, 15) is 9.90 Å². The predicted octanol–water partition coefficient (Wildman–Crippen LogP) is 3.54. The van der Waals surface area contributed by atoms with Gasteiger partial charge in [0.25, 0.3) is 0 Å². The van der Waals surface area contributed by atoms with Crippen LogP contribution < -0.4 is 0 Å². The average molecular weight is 436 g/mol. The molecule has 0 radical (unpaired) electrons. The molecule has 2 aromatic carbocycles. The molecule has 32 heavy (non-hydrogen) atoms. The van der Waals surface area contributed by atoms with Crippen LogP contribution >= 0.6 is 0 Å². The van der Waals surface area contributed by atoms with Crippen LogP contribution in [0.5, 0.6) is 0 Å². The molecular weight excluding hydrogens is 406 g/mol. The van der Waals surface area contributed by atoms with Crippen molar-refractivity contribution in [3.8, 4) is 0 Å². The Morgan fingerprint density at radius 2 is 1.56 bits per heavy atom. The number of aromatic nitrogens is 2. The Morgan fingerprint density at radius 3 is 2.03 bits per heavy atom. The number of fused-ring (bicyclic) bond motifs is 3. The summed E-state index contributed by atoms with van der Waals surface area (Å²) in [5.74, 6) is -0.440. The van der Waals surface area contributed by atoms with Crippen molar-refractivity contribution >= 4 is 5.97 Å². The third kappa shape index (κ3) is 3.94. The van der Waals surface area contributed by atoms with Crippen molar-refractivity contribution in [3.63, 3.8) is 0 Å². The normalized spacial score (nSPS) is 20.6.